The maximum Gasteiger partial charge on any atom is 0.00926 e. The lowest BCUT2D eigenvalue weighted by Gasteiger charge is -2.17. The van der Waals surface area contributed by atoms with Crippen LogP contribution in [0.1, 0.15) is 38.2 Å². The van der Waals surface area contributed by atoms with E-state index in [1.54, 1.807) is 0 Å². The van der Waals surface area contributed by atoms with Crippen LogP contribution < -0.4 is 5.32 Å². The molecule has 0 radical (unpaired) electrons. The van der Waals surface area contributed by atoms with Gasteiger partial charge in [0.1, 0.15) is 0 Å². The van der Waals surface area contributed by atoms with Gasteiger partial charge in [-0.2, -0.15) is 0 Å². The maximum atomic E-state index is 3.70. The average Bonchev–Trinajstić information content (AvgIpc) is 2.72. The molecule has 16 heavy (non-hydrogen) atoms. The Bertz CT molecular complexity index is 294. The molecule has 0 aromatic heterocycles. The van der Waals surface area contributed by atoms with Gasteiger partial charge in [-0.05, 0) is 43.7 Å². The number of benzene rings is 1. The minimum atomic E-state index is 0.788. The van der Waals surface area contributed by atoms with Gasteiger partial charge in [0.25, 0.3) is 0 Å². The fourth-order valence-corrected chi connectivity index (χ4v) is 2.67. The summed E-state index contributed by atoms with van der Waals surface area (Å²) in [5.41, 5.74) is 1.46. The molecule has 1 aromatic rings. The van der Waals surface area contributed by atoms with E-state index in [-0.39, 0.29) is 0 Å². The standard InChI is InChI=1S/C15H23N/c1-13-7-5-11-15(13)16-12-6-10-14-8-3-2-4-9-14/h2-4,8-9,13,15-16H,5-7,10-12H2,1H3. The molecule has 1 nitrogen and oxygen atoms in total. The number of hydrogen-bond donors (Lipinski definition) is 1. The van der Waals surface area contributed by atoms with E-state index in [0.717, 1.165) is 12.0 Å². The van der Waals surface area contributed by atoms with Gasteiger partial charge < -0.3 is 5.32 Å². The van der Waals surface area contributed by atoms with Crippen LogP contribution in [0.3, 0.4) is 0 Å². The third-order valence-electron chi connectivity index (χ3n) is 3.75. The lowest BCUT2D eigenvalue weighted by Crippen LogP contribution is -2.32. The summed E-state index contributed by atoms with van der Waals surface area (Å²) < 4.78 is 0. The first-order valence-corrected chi connectivity index (χ1v) is 6.63. The molecule has 1 saturated carbocycles. The molecular formula is C15H23N. The highest BCUT2D eigenvalue weighted by Crippen LogP contribution is 2.24. The van der Waals surface area contributed by atoms with Gasteiger partial charge >= 0.3 is 0 Å². The summed E-state index contributed by atoms with van der Waals surface area (Å²) in [6, 6.07) is 11.6. The van der Waals surface area contributed by atoms with Gasteiger partial charge in [0.05, 0.1) is 0 Å². The van der Waals surface area contributed by atoms with Gasteiger partial charge in [0.15, 0.2) is 0 Å². The van der Waals surface area contributed by atoms with E-state index < -0.39 is 0 Å². The summed E-state index contributed by atoms with van der Waals surface area (Å²) in [5.74, 6) is 0.886. The zero-order chi connectivity index (χ0) is 11.2. The molecule has 1 aliphatic carbocycles. The predicted octanol–water partition coefficient (Wildman–Crippen LogP) is 3.40. The summed E-state index contributed by atoms with van der Waals surface area (Å²) >= 11 is 0. The average molecular weight is 217 g/mol. The van der Waals surface area contributed by atoms with Crippen molar-refractivity contribution in [1.82, 2.24) is 5.32 Å². The van der Waals surface area contributed by atoms with Gasteiger partial charge in [-0.15, -0.1) is 0 Å². The van der Waals surface area contributed by atoms with E-state index in [1.165, 1.54) is 44.2 Å². The first kappa shape index (κ1) is 11.7. The fourth-order valence-electron chi connectivity index (χ4n) is 2.67. The minimum Gasteiger partial charge on any atom is -0.314 e. The topological polar surface area (TPSA) is 12.0 Å². The summed E-state index contributed by atoms with van der Waals surface area (Å²) in [7, 11) is 0. The highest BCUT2D eigenvalue weighted by molar-refractivity contribution is 5.14. The lowest BCUT2D eigenvalue weighted by atomic mass is 10.1. The van der Waals surface area contributed by atoms with Crippen LogP contribution in [0.5, 0.6) is 0 Å². The second kappa shape index (κ2) is 6.05. The van der Waals surface area contributed by atoms with Crippen LogP contribution in [0.4, 0.5) is 0 Å². The molecule has 0 heterocycles. The molecule has 0 bridgehead atoms. The SMILES string of the molecule is CC1CCCC1NCCCc1ccccc1. The van der Waals surface area contributed by atoms with E-state index in [0.29, 0.717) is 0 Å². The van der Waals surface area contributed by atoms with Crippen LogP contribution >= 0.6 is 0 Å². The molecule has 0 amide bonds. The zero-order valence-corrected chi connectivity index (χ0v) is 10.3. The Morgan fingerprint density at radius 2 is 2.00 bits per heavy atom. The van der Waals surface area contributed by atoms with Crippen molar-refractivity contribution < 1.29 is 0 Å². The molecule has 1 aromatic carbocycles. The Labute approximate surface area is 99.3 Å². The highest BCUT2D eigenvalue weighted by atomic mass is 14.9. The van der Waals surface area contributed by atoms with Gasteiger partial charge in [-0.25, -0.2) is 0 Å². The molecule has 2 rings (SSSR count). The second-order valence-electron chi connectivity index (χ2n) is 5.06. The van der Waals surface area contributed by atoms with Crippen LogP contribution in [0.15, 0.2) is 30.3 Å². The Morgan fingerprint density at radius 1 is 1.19 bits per heavy atom. The van der Waals surface area contributed by atoms with E-state index >= 15 is 0 Å². The molecule has 1 heteroatoms. The van der Waals surface area contributed by atoms with Crippen LogP contribution in [-0.2, 0) is 6.42 Å². The van der Waals surface area contributed by atoms with Crippen LogP contribution in [0.2, 0.25) is 0 Å². The number of nitrogens with one attached hydrogen (secondary N) is 1. The van der Waals surface area contributed by atoms with E-state index in [4.69, 9.17) is 0 Å². The van der Waals surface area contributed by atoms with Gasteiger partial charge in [-0.3, -0.25) is 0 Å². The third kappa shape index (κ3) is 3.34. The third-order valence-corrected chi connectivity index (χ3v) is 3.75. The van der Waals surface area contributed by atoms with E-state index in [1.807, 2.05) is 0 Å². The van der Waals surface area contributed by atoms with Crippen molar-refractivity contribution in [3.05, 3.63) is 35.9 Å². The Morgan fingerprint density at radius 3 is 2.69 bits per heavy atom. The molecule has 1 N–H and O–H groups in total. The molecule has 1 aliphatic rings. The molecule has 2 unspecified atom stereocenters. The van der Waals surface area contributed by atoms with Crippen LogP contribution in [0.25, 0.3) is 0 Å². The summed E-state index contributed by atoms with van der Waals surface area (Å²) in [6.07, 6.45) is 6.67. The van der Waals surface area contributed by atoms with Crippen molar-refractivity contribution in [3.63, 3.8) is 0 Å². The lowest BCUT2D eigenvalue weighted by molar-refractivity contribution is 0.424. The minimum absolute atomic E-state index is 0.788. The van der Waals surface area contributed by atoms with Crippen LogP contribution in [0, 0.1) is 5.92 Å². The van der Waals surface area contributed by atoms with Crippen molar-refractivity contribution in [1.29, 1.82) is 0 Å². The normalized spacial score (nSPS) is 24.8. The van der Waals surface area contributed by atoms with E-state index in [2.05, 4.69) is 42.6 Å². The number of hydrogen-bond acceptors (Lipinski definition) is 1. The molecule has 88 valence electrons. The molecule has 0 saturated heterocycles. The predicted molar refractivity (Wildman–Crippen MR) is 69.6 cm³/mol. The van der Waals surface area contributed by atoms with Gasteiger partial charge in [0, 0.05) is 6.04 Å². The fraction of sp³-hybridized carbons (Fsp3) is 0.600. The Kier molecular flexibility index (Phi) is 4.41. The quantitative estimate of drug-likeness (QED) is 0.745. The Hall–Kier alpha value is -0.820. The van der Waals surface area contributed by atoms with Crippen molar-refractivity contribution >= 4 is 0 Å². The molecular weight excluding hydrogens is 194 g/mol. The summed E-state index contributed by atoms with van der Waals surface area (Å²) in [4.78, 5) is 0. The second-order valence-corrected chi connectivity index (χ2v) is 5.06. The Balaban J connectivity index is 1.62. The van der Waals surface area contributed by atoms with Crippen molar-refractivity contribution in [2.45, 2.75) is 45.1 Å². The maximum absolute atomic E-state index is 3.70. The zero-order valence-electron chi connectivity index (χ0n) is 10.3. The molecule has 1 fully saturated rings. The first-order chi connectivity index (χ1) is 7.86. The molecule has 0 spiro atoms. The summed E-state index contributed by atoms with van der Waals surface area (Å²) in [6.45, 7) is 3.55. The van der Waals surface area contributed by atoms with Gasteiger partial charge in [-0.1, -0.05) is 43.7 Å². The number of aryl methyl sites for hydroxylation is 1. The van der Waals surface area contributed by atoms with E-state index in [9.17, 15) is 0 Å². The number of rotatable bonds is 5. The van der Waals surface area contributed by atoms with Crippen molar-refractivity contribution in [2.75, 3.05) is 6.54 Å². The summed E-state index contributed by atoms with van der Waals surface area (Å²) in [5, 5.41) is 3.70. The molecule has 2 atom stereocenters. The first-order valence-electron chi connectivity index (χ1n) is 6.63. The van der Waals surface area contributed by atoms with Crippen LogP contribution in [-0.4, -0.2) is 12.6 Å². The van der Waals surface area contributed by atoms with Gasteiger partial charge in [0.2, 0.25) is 0 Å². The monoisotopic (exact) mass is 217 g/mol. The van der Waals surface area contributed by atoms with Crippen molar-refractivity contribution in [3.8, 4) is 0 Å². The largest absolute Gasteiger partial charge is 0.314 e. The smallest absolute Gasteiger partial charge is 0.00926 e. The highest BCUT2D eigenvalue weighted by Gasteiger charge is 2.21. The van der Waals surface area contributed by atoms with Crippen molar-refractivity contribution in [2.24, 2.45) is 5.92 Å². The molecule has 0 aliphatic heterocycles.